The van der Waals surface area contributed by atoms with Gasteiger partial charge in [-0.1, -0.05) is 13.0 Å². The topological polar surface area (TPSA) is 46.2 Å². The standard InChI is InChI=1S/C13H19F2NO2S/c1-3-19(17,18)9-5-8-12(16-2)13-10(14)6-4-7-11(13)15/h4,6-7,12,16H,3,5,8-9H2,1-2H3. The number of nitrogens with one attached hydrogen (secondary N) is 1. The minimum Gasteiger partial charge on any atom is -0.313 e. The summed E-state index contributed by atoms with van der Waals surface area (Å²) in [4.78, 5) is 0. The minimum atomic E-state index is -3.04. The van der Waals surface area contributed by atoms with Crippen LogP contribution in [0.15, 0.2) is 18.2 Å². The maximum atomic E-state index is 13.6. The summed E-state index contributed by atoms with van der Waals surface area (Å²) in [5.74, 6) is -1.10. The highest BCUT2D eigenvalue weighted by Crippen LogP contribution is 2.24. The van der Waals surface area contributed by atoms with E-state index in [0.29, 0.717) is 12.8 Å². The third-order valence-corrected chi connectivity index (χ3v) is 4.87. The number of hydrogen-bond donors (Lipinski definition) is 1. The summed E-state index contributed by atoms with van der Waals surface area (Å²) in [6.45, 7) is 1.58. The zero-order valence-electron chi connectivity index (χ0n) is 11.1. The molecule has 0 heterocycles. The van der Waals surface area contributed by atoms with Crippen LogP contribution >= 0.6 is 0 Å². The molecule has 3 nitrogen and oxygen atoms in total. The minimum absolute atomic E-state index is 0.0288. The molecule has 1 unspecified atom stereocenters. The van der Waals surface area contributed by atoms with Gasteiger partial charge in [-0.25, -0.2) is 17.2 Å². The summed E-state index contributed by atoms with van der Waals surface area (Å²) >= 11 is 0. The molecular weight excluding hydrogens is 272 g/mol. The second-order valence-electron chi connectivity index (χ2n) is 4.36. The molecule has 1 aromatic carbocycles. The van der Waals surface area contributed by atoms with Gasteiger partial charge in [0.25, 0.3) is 0 Å². The van der Waals surface area contributed by atoms with Crippen LogP contribution in [0.5, 0.6) is 0 Å². The Hall–Kier alpha value is -1.01. The van der Waals surface area contributed by atoms with Crippen molar-refractivity contribution in [3.8, 4) is 0 Å². The van der Waals surface area contributed by atoms with E-state index < -0.39 is 27.5 Å². The van der Waals surface area contributed by atoms with E-state index in [1.165, 1.54) is 18.2 Å². The molecular formula is C13H19F2NO2S. The number of halogens is 2. The van der Waals surface area contributed by atoms with Crippen molar-refractivity contribution in [2.75, 3.05) is 18.6 Å². The summed E-state index contributed by atoms with van der Waals surface area (Å²) < 4.78 is 50.0. The van der Waals surface area contributed by atoms with Crippen molar-refractivity contribution >= 4 is 9.84 Å². The molecule has 6 heteroatoms. The Kier molecular flexibility index (Phi) is 5.87. The first-order chi connectivity index (χ1) is 8.91. The van der Waals surface area contributed by atoms with Gasteiger partial charge in [0, 0.05) is 17.4 Å². The van der Waals surface area contributed by atoms with Gasteiger partial charge >= 0.3 is 0 Å². The van der Waals surface area contributed by atoms with Gasteiger partial charge < -0.3 is 5.32 Å². The second kappa shape index (κ2) is 6.96. The van der Waals surface area contributed by atoms with Gasteiger partial charge in [-0.05, 0) is 32.0 Å². The maximum Gasteiger partial charge on any atom is 0.150 e. The Morgan fingerprint density at radius 3 is 2.32 bits per heavy atom. The van der Waals surface area contributed by atoms with Gasteiger partial charge in [-0.15, -0.1) is 0 Å². The molecule has 0 aromatic heterocycles. The van der Waals surface area contributed by atoms with Gasteiger partial charge in [0.1, 0.15) is 21.5 Å². The van der Waals surface area contributed by atoms with E-state index in [1.807, 2.05) is 0 Å². The van der Waals surface area contributed by atoms with Crippen molar-refractivity contribution in [2.24, 2.45) is 0 Å². The van der Waals surface area contributed by atoms with Crippen LogP contribution in [-0.4, -0.2) is 27.0 Å². The van der Waals surface area contributed by atoms with Gasteiger partial charge in [0.2, 0.25) is 0 Å². The lowest BCUT2D eigenvalue weighted by molar-refractivity contribution is 0.467. The molecule has 0 aliphatic heterocycles. The molecule has 0 bridgehead atoms. The van der Waals surface area contributed by atoms with E-state index in [1.54, 1.807) is 14.0 Å². The van der Waals surface area contributed by atoms with Gasteiger partial charge in [0.05, 0.1) is 5.75 Å². The number of benzene rings is 1. The summed E-state index contributed by atoms with van der Waals surface area (Å²) in [5.41, 5.74) is -0.0288. The third-order valence-electron chi connectivity index (χ3n) is 3.08. The van der Waals surface area contributed by atoms with Crippen molar-refractivity contribution in [1.82, 2.24) is 5.32 Å². The SMILES string of the molecule is CCS(=O)(=O)CCCC(NC)c1c(F)cccc1F. The predicted molar refractivity (Wildman–Crippen MR) is 71.7 cm³/mol. The summed E-state index contributed by atoms with van der Waals surface area (Å²) in [5, 5.41) is 2.83. The molecule has 0 amide bonds. The van der Waals surface area contributed by atoms with E-state index in [0.717, 1.165) is 0 Å². The summed E-state index contributed by atoms with van der Waals surface area (Å²) in [7, 11) is -1.44. The second-order valence-corrected chi connectivity index (χ2v) is 6.83. The third kappa shape index (κ3) is 4.54. The first-order valence-corrected chi connectivity index (χ1v) is 8.05. The van der Waals surface area contributed by atoms with Crippen molar-refractivity contribution < 1.29 is 17.2 Å². The lowest BCUT2D eigenvalue weighted by atomic mass is 10.0. The van der Waals surface area contributed by atoms with Crippen LogP contribution in [0.2, 0.25) is 0 Å². The fourth-order valence-electron chi connectivity index (χ4n) is 1.93. The van der Waals surface area contributed by atoms with Crippen molar-refractivity contribution in [3.05, 3.63) is 35.4 Å². The lowest BCUT2D eigenvalue weighted by Gasteiger charge is -2.17. The van der Waals surface area contributed by atoms with Crippen LogP contribution in [0.1, 0.15) is 31.4 Å². The zero-order valence-corrected chi connectivity index (χ0v) is 11.9. The molecule has 1 rings (SSSR count). The molecule has 0 spiro atoms. The van der Waals surface area contributed by atoms with Crippen LogP contribution in [-0.2, 0) is 9.84 Å². The van der Waals surface area contributed by atoms with Crippen molar-refractivity contribution in [3.63, 3.8) is 0 Å². The van der Waals surface area contributed by atoms with E-state index in [4.69, 9.17) is 0 Å². The molecule has 0 aliphatic carbocycles. The van der Waals surface area contributed by atoms with E-state index in [-0.39, 0.29) is 17.1 Å². The monoisotopic (exact) mass is 291 g/mol. The highest BCUT2D eigenvalue weighted by atomic mass is 32.2. The Labute approximate surface area is 112 Å². The largest absolute Gasteiger partial charge is 0.313 e. The van der Waals surface area contributed by atoms with Crippen LogP contribution in [0.25, 0.3) is 0 Å². The first kappa shape index (κ1) is 16.0. The van der Waals surface area contributed by atoms with Crippen molar-refractivity contribution in [1.29, 1.82) is 0 Å². The normalized spacial score (nSPS) is 13.5. The zero-order chi connectivity index (χ0) is 14.5. The molecule has 1 aromatic rings. The van der Waals surface area contributed by atoms with E-state index >= 15 is 0 Å². The molecule has 19 heavy (non-hydrogen) atoms. The maximum absolute atomic E-state index is 13.6. The molecule has 1 N–H and O–H groups in total. The molecule has 108 valence electrons. The van der Waals surface area contributed by atoms with Gasteiger partial charge in [0.15, 0.2) is 0 Å². The van der Waals surface area contributed by atoms with Crippen LogP contribution in [0.3, 0.4) is 0 Å². The van der Waals surface area contributed by atoms with Crippen LogP contribution in [0, 0.1) is 11.6 Å². The first-order valence-electron chi connectivity index (χ1n) is 6.23. The number of sulfone groups is 1. The highest BCUT2D eigenvalue weighted by Gasteiger charge is 2.19. The molecule has 0 saturated heterocycles. The average molecular weight is 291 g/mol. The molecule has 1 atom stereocenters. The Morgan fingerprint density at radius 1 is 1.26 bits per heavy atom. The fraction of sp³-hybridized carbons (Fsp3) is 0.538. The smallest absolute Gasteiger partial charge is 0.150 e. The highest BCUT2D eigenvalue weighted by molar-refractivity contribution is 7.91. The average Bonchev–Trinajstić information content (AvgIpc) is 2.36. The number of hydrogen-bond acceptors (Lipinski definition) is 3. The molecule has 0 aliphatic rings. The Bertz CT molecular complexity index is 497. The Morgan fingerprint density at radius 2 is 1.84 bits per heavy atom. The van der Waals surface area contributed by atoms with Crippen molar-refractivity contribution in [2.45, 2.75) is 25.8 Å². The van der Waals surface area contributed by atoms with Crippen LogP contribution < -0.4 is 5.32 Å². The summed E-state index contributed by atoms with van der Waals surface area (Å²) in [6, 6.07) is 3.19. The van der Waals surface area contributed by atoms with Crippen LogP contribution in [0.4, 0.5) is 8.78 Å². The quantitative estimate of drug-likeness (QED) is 0.839. The molecule has 0 saturated carbocycles. The van der Waals surface area contributed by atoms with E-state index in [2.05, 4.69) is 5.32 Å². The molecule has 0 fully saturated rings. The number of rotatable bonds is 7. The van der Waals surface area contributed by atoms with Gasteiger partial charge in [-0.2, -0.15) is 0 Å². The predicted octanol–water partition coefficient (Wildman–Crippen LogP) is 2.44. The van der Waals surface area contributed by atoms with E-state index in [9.17, 15) is 17.2 Å². The van der Waals surface area contributed by atoms with Gasteiger partial charge in [-0.3, -0.25) is 0 Å². The fourth-order valence-corrected chi connectivity index (χ4v) is 2.82. The summed E-state index contributed by atoms with van der Waals surface area (Å²) in [6.07, 6.45) is 0.739. The lowest BCUT2D eigenvalue weighted by Crippen LogP contribution is -2.20. The Balaban J connectivity index is 2.74. The molecule has 0 radical (unpaired) electrons.